The van der Waals surface area contributed by atoms with E-state index in [-0.39, 0.29) is 18.1 Å². The largest absolute Gasteiger partial charge is 0.354 e. The molecule has 0 heterocycles. The van der Waals surface area contributed by atoms with Gasteiger partial charge in [-0.1, -0.05) is 55.3 Å². The first-order valence-corrected chi connectivity index (χ1v) is 13.0. The summed E-state index contributed by atoms with van der Waals surface area (Å²) in [5, 5.41) is 2.83. The lowest BCUT2D eigenvalue weighted by atomic mass is 10.1. The van der Waals surface area contributed by atoms with Crippen LogP contribution in [0.1, 0.15) is 37.8 Å². The fourth-order valence-corrected chi connectivity index (χ4v) is 4.55. The van der Waals surface area contributed by atoms with E-state index in [4.69, 9.17) is 0 Å². The number of carbonyl (C=O) groups excluding carboxylic acids is 2. The fourth-order valence-electron chi connectivity index (χ4n) is 3.48. The summed E-state index contributed by atoms with van der Waals surface area (Å²) in [5.41, 5.74) is 1.53. The van der Waals surface area contributed by atoms with Gasteiger partial charge in [-0.3, -0.25) is 9.59 Å². The molecule has 0 aromatic heterocycles. The van der Waals surface area contributed by atoms with E-state index in [0.29, 0.717) is 6.54 Å². The van der Waals surface area contributed by atoms with Crippen molar-refractivity contribution in [2.45, 2.75) is 46.2 Å². The van der Waals surface area contributed by atoms with Gasteiger partial charge < -0.3 is 10.2 Å². The van der Waals surface area contributed by atoms with E-state index in [2.05, 4.69) is 5.32 Å². The second kappa shape index (κ2) is 12.6. The molecule has 0 radical (unpaired) electrons. The molecule has 0 fully saturated rings. The van der Waals surface area contributed by atoms with Crippen molar-refractivity contribution >= 4 is 27.7 Å². The SMILES string of the molecule is CCCCNC(=O)C(C)N(Cc1cccc(C)c1)C(=O)CN(c1ccccc1F)S(=O)(=O)N(C)C. The third-order valence-corrected chi connectivity index (χ3v) is 7.38. The number of aryl methyl sites for hydroxylation is 1. The lowest BCUT2D eigenvalue weighted by molar-refractivity contribution is -0.139. The number of halogens is 1. The molecule has 0 aliphatic carbocycles. The molecule has 0 aliphatic rings. The Morgan fingerprint density at radius 1 is 1.09 bits per heavy atom. The number of benzene rings is 2. The number of carbonyl (C=O) groups is 2. The summed E-state index contributed by atoms with van der Waals surface area (Å²) < 4.78 is 42.4. The molecule has 10 heteroatoms. The number of hydrogen-bond acceptors (Lipinski definition) is 4. The van der Waals surface area contributed by atoms with Crippen LogP contribution in [-0.2, 0) is 26.3 Å². The van der Waals surface area contributed by atoms with Gasteiger partial charge in [-0.2, -0.15) is 12.7 Å². The average Bonchev–Trinajstić information content (AvgIpc) is 2.81. The lowest BCUT2D eigenvalue weighted by Gasteiger charge is -2.33. The molecule has 192 valence electrons. The van der Waals surface area contributed by atoms with Gasteiger partial charge in [-0.25, -0.2) is 8.70 Å². The van der Waals surface area contributed by atoms with Crippen LogP contribution in [0, 0.1) is 12.7 Å². The first-order chi connectivity index (χ1) is 16.5. The maximum atomic E-state index is 14.6. The van der Waals surface area contributed by atoms with E-state index >= 15 is 0 Å². The Bertz CT molecular complexity index is 1120. The summed E-state index contributed by atoms with van der Waals surface area (Å²) in [6.07, 6.45) is 1.70. The number of nitrogens with zero attached hydrogens (tertiary/aromatic N) is 3. The molecule has 8 nitrogen and oxygen atoms in total. The summed E-state index contributed by atoms with van der Waals surface area (Å²) in [4.78, 5) is 27.7. The van der Waals surface area contributed by atoms with Crippen LogP contribution in [0.2, 0.25) is 0 Å². The standard InChI is InChI=1S/C25H35FN4O4S/c1-6-7-15-27-25(32)20(3)29(17-21-12-10-11-19(2)16-21)24(31)18-30(35(33,34)28(4)5)23-14-9-8-13-22(23)26/h8-14,16,20H,6-7,15,17-18H2,1-5H3,(H,27,32). The predicted octanol–water partition coefficient (Wildman–Crippen LogP) is 3.08. The van der Waals surface area contributed by atoms with Crippen LogP contribution in [0.5, 0.6) is 0 Å². The number of nitrogens with one attached hydrogen (secondary N) is 1. The molecule has 2 aromatic carbocycles. The van der Waals surface area contributed by atoms with Crippen molar-refractivity contribution in [2.24, 2.45) is 0 Å². The molecule has 1 N–H and O–H groups in total. The highest BCUT2D eigenvalue weighted by Gasteiger charge is 2.33. The second-order valence-electron chi connectivity index (χ2n) is 8.58. The van der Waals surface area contributed by atoms with E-state index in [1.54, 1.807) is 6.92 Å². The molecule has 1 unspecified atom stereocenters. The topological polar surface area (TPSA) is 90.0 Å². The van der Waals surface area contributed by atoms with E-state index < -0.39 is 34.5 Å². The van der Waals surface area contributed by atoms with Crippen LogP contribution < -0.4 is 9.62 Å². The van der Waals surface area contributed by atoms with E-state index in [9.17, 15) is 22.4 Å². The Kier molecular flexibility index (Phi) is 10.2. The molecule has 2 amide bonds. The number of anilines is 1. The van der Waals surface area contributed by atoms with Crippen molar-refractivity contribution in [2.75, 3.05) is 31.5 Å². The minimum absolute atomic E-state index is 0.0933. The van der Waals surface area contributed by atoms with Gasteiger partial charge in [-0.15, -0.1) is 0 Å². The molecule has 2 rings (SSSR count). The molecular weight excluding hydrogens is 471 g/mol. The molecule has 0 saturated carbocycles. The number of hydrogen-bond donors (Lipinski definition) is 1. The van der Waals surface area contributed by atoms with Crippen LogP contribution in [0.3, 0.4) is 0 Å². The van der Waals surface area contributed by atoms with Crippen molar-refractivity contribution < 1.29 is 22.4 Å². The Hall–Kier alpha value is -2.98. The maximum absolute atomic E-state index is 14.6. The first kappa shape index (κ1) is 28.3. The van der Waals surface area contributed by atoms with Crippen molar-refractivity contribution in [1.29, 1.82) is 0 Å². The van der Waals surface area contributed by atoms with Crippen molar-refractivity contribution in [3.8, 4) is 0 Å². The molecule has 0 aliphatic heterocycles. The van der Waals surface area contributed by atoms with Crippen molar-refractivity contribution in [1.82, 2.24) is 14.5 Å². The zero-order valence-corrected chi connectivity index (χ0v) is 21.8. The molecule has 35 heavy (non-hydrogen) atoms. The van der Waals surface area contributed by atoms with Gasteiger partial charge in [0.25, 0.3) is 0 Å². The summed E-state index contributed by atoms with van der Waals surface area (Å²) >= 11 is 0. The highest BCUT2D eigenvalue weighted by atomic mass is 32.2. The van der Waals surface area contributed by atoms with Crippen LogP contribution in [0.15, 0.2) is 48.5 Å². The van der Waals surface area contributed by atoms with Crippen LogP contribution in [0.25, 0.3) is 0 Å². The van der Waals surface area contributed by atoms with Crippen LogP contribution in [0.4, 0.5) is 10.1 Å². The molecule has 2 aromatic rings. The van der Waals surface area contributed by atoms with E-state index in [0.717, 1.165) is 38.6 Å². The molecular formula is C25H35FN4O4S. The minimum atomic E-state index is -4.21. The van der Waals surface area contributed by atoms with Crippen LogP contribution >= 0.6 is 0 Å². The quantitative estimate of drug-likeness (QED) is 0.448. The van der Waals surface area contributed by atoms with Gasteiger partial charge in [0, 0.05) is 27.2 Å². The maximum Gasteiger partial charge on any atom is 0.304 e. The highest BCUT2D eigenvalue weighted by Crippen LogP contribution is 2.24. The first-order valence-electron chi connectivity index (χ1n) is 11.6. The monoisotopic (exact) mass is 506 g/mol. The van der Waals surface area contributed by atoms with E-state index in [1.807, 2.05) is 38.1 Å². The Morgan fingerprint density at radius 2 is 1.77 bits per heavy atom. The van der Waals surface area contributed by atoms with Gasteiger partial charge in [0.2, 0.25) is 11.8 Å². The predicted molar refractivity (Wildman–Crippen MR) is 135 cm³/mol. The number of unbranched alkanes of at least 4 members (excludes halogenated alkanes) is 1. The minimum Gasteiger partial charge on any atom is -0.354 e. The Balaban J connectivity index is 2.43. The third-order valence-electron chi connectivity index (χ3n) is 5.57. The summed E-state index contributed by atoms with van der Waals surface area (Å²) in [5.74, 6) is -1.74. The van der Waals surface area contributed by atoms with E-state index in [1.165, 1.54) is 37.2 Å². The average molecular weight is 507 g/mol. The van der Waals surface area contributed by atoms with Crippen LogP contribution in [-0.4, -0.2) is 62.7 Å². The van der Waals surface area contributed by atoms with Gasteiger partial charge in [0.05, 0.1) is 5.69 Å². The Labute approximate surface area is 207 Å². The molecule has 1 atom stereocenters. The summed E-state index contributed by atoms with van der Waals surface area (Å²) in [7, 11) is -1.59. The van der Waals surface area contributed by atoms with Gasteiger partial charge in [0.15, 0.2) is 0 Å². The Morgan fingerprint density at radius 3 is 2.37 bits per heavy atom. The van der Waals surface area contributed by atoms with Gasteiger partial charge >= 0.3 is 10.2 Å². The summed E-state index contributed by atoms with van der Waals surface area (Å²) in [6.45, 7) is 5.42. The molecule has 0 bridgehead atoms. The molecule has 0 saturated heterocycles. The zero-order valence-electron chi connectivity index (χ0n) is 21.0. The smallest absolute Gasteiger partial charge is 0.304 e. The number of para-hydroxylation sites is 1. The van der Waals surface area contributed by atoms with Crippen molar-refractivity contribution in [3.05, 3.63) is 65.5 Å². The summed E-state index contributed by atoms with van der Waals surface area (Å²) in [6, 6.07) is 12.0. The molecule has 0 spiro atoms. The van der Waals surface area contributed by atoms with Gasteiger partial charge in [0.1, 0.15) is 18.4 Å². The number of rotatable bonds is 12. The normalized spacial score (nSPS) is 12.3. The number of amides is 2. The zero-order chi connectivity index (χ0) is 26.2. The lowest BCUT2D eigenvalue weighted by Crippen LogP contribution is -2.52. The highest BCUT2D eigenvalue weighted by molar-refractivity contribution is 7.90. The fraction of sp³-hybridized carbons (Fsp3) is 0.440. The second-order valence-corrected chi connectivity index (χ2v) is 10.6. The van der Waals surface area contributed by atoms with Gasteiger partial charge in [-0.05, 0) is 38.0 Å². The van der Waals surface area contributed by atoms with Crippen molar-refractivity contribution in [3.63, 3.8) is 0 Å². The third kappa shape index (κ3) is 7.50.